The first-order valence-corrected chi connectivity index (χ1v) is 10.9. The Kier molecular flexibility index (Phi) is 5.63. The molecule has 0 aliphatic carbocycles. The van der Waals surface area contributed by atoms with E-state index in [4.69, 9.17) is 11.6 Å². The lowest BCUT2D eigenvalue weighted by molar-refractivity contribution is -0.117. The second kappa shape index (κ2) is 8.88. The zero-order chi connectivity index (χ0) is 22.8. The van der Waals surface area contributed by atoms with E-state index in [9.17, 15) is 9.90 Å². The van der Waals surface area contributed by atoms with Crippen molar-refractivity contribution in [3.8, 4) is 5.88 Å². The van der Waals surface area contributed by atoms with Crippen LogP contribution in [0.5, 0.6) is 5.88 Å². The van der Waals surface area contributed by atoms with E-state index in [1.54, 1.807) is 28.8 Å². The van der Waals surface area contributed by atoms with Gasteiger partial charge in [-0.3, -0.25) is 4.79 Å². The van der Waals surface area contributed by atoms with E-state index in [-0.39, 0.29) is 18.0 Å². The first-order valence-electron chi connectivity index (χ1n) is 10.6. The van der Waals surface area contributed by atoms with Crippen LogP contribution in [0, 0.1) is 0 Å². The van der Waals surface area contributed by atoms with Crippen LogP contribution in [0.4, 0.5) is 5.69 Å². The first kappa shape index (κ1) is 20.9. The van der Waals surface area contributed by atoms with Crippen LogP contribution in [0.1, 0.15) is 11.1 Å². The highest BCUT2D eigenvalue weighted by Crippen LogP contribution is 2.39. The molecule has 6 heteroatoms. The maximum atomic E-state index is 12.4. The molecule has 0 radical (unpaired) electrons. The van der Waals surface area contributed by atoms with Crippen molar-refractivity contribution in [1.82, 2.24) is 4.57 Å². The number of aromatic nitrogens is 1. The van der Waals surface area contributed by atoms with Crippen molar-refractivity contribution < 1.29 is 9.90 Å². The molecule has 0 bridgehead atoms. The molecule has 0 atom stereocenters. The second-order valence-corrected chi connectivity index (χ2v) is 8.25. The molecule has 5 rings (SSSR count). The first-order chi connectivity index (χ1) is 16.1. The number of para-hydroxylation sites is 1. The minimum absolute atomic E-state index is 0.0211. The number of hydrogen-bond acceptors (Lipinski definition) is 3. The Hall–Kier alpha value is -3.96. The molecule has 1 amide bonds. The van der Waals surface area contributed by atoms with Gasteiger partial charge in [-0.05, 0) is 40.1 Å². The summed E-state index contributed by atoms with van der Waals surface area (Å²) < 4.78 is 1.80. The van der Waals surface area contributed by atoms with Crippen molar-refractivity contribution in [3.05, 3.63) is 107 Å². The van der Waals surface area contributed by atoms with Crippen molar-refractivity contribution in [1.29, 1.82) is 0 Å². The van der Waals surface area contributed by atoms with E-state index in [0.29, 0.717) is 11.6 Å². The van der Waals surface area contributed by atoms with E-state index < -0.39 is 5.91 Å². The Morgan fingerprint density at radius 2 is 1.55 bits per heavy atom. The summed E-state index contributed by atoms with van der Waals surface area (Å²) in [5, 5.41) is 22.7. The van der Waals surface area contributed by atoms with Gasteiger partial charge >= 0.3 is 0 Å². The van der Waals surface area contributed by atoms with Crippen LogP contribution in [0.25, 0.3) is 21.7 Å². The van der Waals surface area contributed by atoms with Gasteiger partial charge in [0.1, 0.15) is 0 Å². The van der Waals surface area contributed by atoms with Gasteiger partial charge in [-0.15, -0.1) is 10.2 Å². The summed E-state index contributed by atoms with van der Waals surface area (Å²) in [6.07, 6.45) is 0.107. The molecule has 0 fully saturated rings. The maximum absolute atomic E-state index is 12.4. The van der Waals surface area contributed by atoms with Crippen molar-refractivity contribution in [2.45, 2.75) is 13.0 Å². The van der Waals surface area contributed by atoms with Gasteiger partial charge in [-0.1, -0.05) is 84.4 Å². The predicted molar refractivity (Wildman–Crippen MR) is 131 cm³/mol. The summed E-state index contributed by atoms with van der Waals surface area (Å²) in [5.41, 5.74) is 2.98. The monoisotopic (exact) mass is 453 g/mol. The van der Waals surface area contributed by atoms with E-state index in [2.05, 4.69) is 28.4 Å². The van der Waals surface area contributed by atoms with Crippen LogP contribution in [-0.2, 0) is 17.8 Å². The van der Waals surface area contributed by atoms with Crippen LogP contribution >= 0.6 is 11.6 Å². The smallest absolute Gasteiger partial charge is 0.269 e. The summed E-state index contributed by atoms with van der Waals surface area (Å²) in [7, 11) is 0. The fourth-order valence-electron chi connectivity index (χ4n) is 4.05. The number of azo groups is 1. The predicted octanol–water partition coefficient (Wildman–Crippen LogP) is 7.05. The third-order valence-electron chi connectivity index (χ3n) is 5.66. The average Bonchev–Trinajstić information content (AvgIpc) is 3.10. The lowest BCUT2D eigenvalue weighted by Gasteiger charge is -2.10. The van der Waals surface area contributed by atoms with Crippen LogP contribution < -0.4 is 0 Å². The molecule has 0 spiro atoms. The molecule has 0 aliphatic heterocycles. The van der Waals surface area contributed by atoms with Crippen LogP contribution in [0.3, 0.4) is 0 Å². The summed E-state index contributed by atoms with van der Waals surface area (Å²) in [6, 6.07) is 28.9. The molecular formula is C27H20ClN3O2. The zero-order valence-corrected chi connectivity index (χ0v) is 18.4. The summed E-state index contributed by atoms with van der Waals surface area (Å²) in [6.45, 7) is 0.460. The Labute approximate surface area is 195 Å². The van der Waals surface area contributed by atoms with E-state index in [1.165, 1.54) is 0 Å². The number of amides is 1. The van der Waals surface area contributed by atoms with Gasteiger partial charge in [0.15, 0.2) is 5.69 Å². The summed E-state index contributed by atoms with van der Waals surface area (Å²) in [4.78, 5) is 12.4. The number of aromatic hydroxyl groups is 1. The topological polar surface area (TPSA) is 66.9 Å². The Bertz CT molecular complexity index is 1500. The molecule has 0 unspecified atom stereocenters. The minimum atomic E-state index is -0.400. The molecule has 33 heavy (non-hydrogen) atoms. The van der Waals surface area contributed by atoms with E-state index >= 15 is 0 Å². The van der Waals surface area contributed by atoms with Crippen molar-refractivity contribution in [2.75, 3.05) is 0 Å². The van der Waals surface area contributed by atoms with Gasteiger partial charge in [-0.25, -0.2) is 0 Å². The van der Waals surface area contributed by atoms with Crippen molar-refractivity contribution >= 4 is 44.9 Å². The number of hydrogen-bond donors (Lipinski definition) is 1. The molecule has 1 heterocycles. The molecule has 5 nitrogen and oxygen atoms in total. The number of rotatable bonds is 5. The van der Waals surface area contributed by atoms with Gasteiger partial charge in [0, 0.05) is 10.4 Å². The van der Waals surface area contributed by atoms with Gasteiger partial charge in [0.25, 0.3) is 5.91 Å². The quantitative estimate of drug-likeness (QED) is 0.289. The number of fused-ring (bicyclic) bond motifs is 2. The lowest BCUT2D eigenvalue weighted by atomic mass is 10.0. The molecule has 1 aromatic heterocycles. The van der Waals surface area contributed by atoms with E-state index in [1.807, 2.05) is 48.5 Å². The van der Waals surface area contributed by atoms with Crippen LogP contribution in [0.15, 0.2) is 101 Å². The lowest BCUT2D eigenvalue weighted by Crippen LogP contribution is -1.99. The molecule has 5 aromatic rings. The zero-order valence-electron chi connectivity index (χ0n) is 17.6. The van der Waals surface area contributed by atoms with E-state index in [0.717, 1.165) is 32.8 Å². The van der Waals surface area contributed by atoms with Crippen LogP contribution in [-0.4, -0.2) is 15.6 Å². The highest BCUT2D eigenvalue weighted by molar-refractivity contribution is 6.30. The highest BCUT2D eigenvalue weighted by atomic mass is 35.5. The third kappa shape index (κ3) is 4.23. The standard InChI is InChI=1S/C27H20ClN3O2/c28-21-14-12-18(13-15-21)16-25(32)29-30-26-23-10-3-4-11-24(23)31(27(26)33)17-20-8-5-7-19-6-1-2-9-22(19)20/h1-15,33H,16-17H2. The fraction of sp³-hybridized carbons (Fsp3) is 0.0741. The Balaban J connectivity index is 1.49. The van der Waals surface area contributed by atoms with Gasteiger partial charge in [0.05, 0.1) is 18.5 Å². The largest absolute Gasteiger partial charge is 0.493 e. The molecule has 0 aliphatic rings. The highest BCUT2D eigenvalue weighted by Gasteiger charge is 2.17. The summed E-state index contributed by atoms with van der Waals surface area (Å²) in [5.74, 6) is -0.421. The average molecular weight is 454 g/mol. The van der Waals surface area contributed by atoms with Crippen LogP contribution in [0.2, 0.25) is 5.02 Å². The minimum Gasteiger partial charge on any atom is -0.493 e. The van der Waals surface area contributed by atoms with Gasteiger partial charge in [0.2, 0.25) is 5.88 Å². The Morgan fingerprint density at radius 3 is 2.36 bits per heavy atom. The number of halogens is 1. The van der Waals surface area contributed by atoms with Crippen molar-refractivity contribution in [2.24, 2.45) is 10.2 Å². The van der Waals surface area contributed by atoms with Gasteiger partial charge < -0.3 is 9.67 Å². The molecule has 0 saturated carbocycles. The maximum Gasteiger partial charge on any atom is 0.269 e. The number of nitrogens with zero attached hydrogens (tertiary/aromatic N) is 3. The molecule has 162 valence electrons. The molecular weight excluding hydrogens is 434 g/mol. The third-order valence-corrected chi connectivity index (χ3v) is 5.91. The molecule has 0 saturated heterocycles. The fourth-order valence-corrected chi connectivity index (χ4v) is 4.17. The molecule has 1 N–H and O–H groups in total. The molecule has 4 aromatic carbocycles. The summed E-state index contributed by atoms with van der Waals surface area (Å²) >= 11 is 5.90. The van der Waals surface area contributed by atoms with Crippen molar-refractivity contribution in [3.63, 3.8) is 0 Å². The van der Waals surface area contributed by atoms with Gasteiger partial charge in [-0.2, -0.15) is 0 Å². The second-order valence-electron chi connectivity index (χ2n) is 7.81. The number of carbonyl (C=O) groups is 1. The number of carbonyl (C=O) groups excluding carboxylic acids is 1. The Morgan fingerprint density at radius 1 is 0.848 bits per heavy atom. The normalized spacial score (nSPS) is 11.5. The SMILES string of the molecule is O=C(Cc1ccc(Cl)cc1)N=Nc1c(O)n(Cc2cccc3ccccc23)c2ccccc12. The number of benzene rings is 4.